The molecule has 0 spiro atoms. The van der Waals surface area contributed by atoms with Gasteiger partial charge in [-0.1, -0.05) is 49.6 Å². The summed E-state index contributed by atoms with van der Waals surface area (Å²) in [5.41, 5.74) is 3.05. The Hall–Kier alpha value is -1.59. The van der Waals surface area contributed by atoms with E-state index in [2.05, 4.69) is 68.2 Å². The van der Waals surface area contributed by atoms with Gasteiger partial charge in [0.05, 0.1) is 16.9 Å². The van der Waals surface area contributed by atoms with Crippen LogP contribution in [0, 0.1) is 0 Å². The predicted molar refractivity (Wildman–Crippen MR) is 109 cm³/mol. The third-order valence-electron chi connectivity index (χ3n) is 6.96. The van der Waals surface area contributed by atoms with Gasteiger partial charge in [0.2, 0.25) is 0 Å². The zero-order chi connectivity index (χ0) is 19.1. The van der Waals surface area contributed by atoms with E-state index in [1.54, 1.807) is 0 Å². The zero-order valence-electron chi connectivity index (χ0n) is 17.0. The van der Waals surface area contributed by atoms with E-state index >= 15 is 0 Å². The molecule has 0 atom stereocenters. The maximum Gasteiger partial charge on any atom is 0.498 e. The molecule has 1 aromatic heterocycles. The zero-order valence-corrected chi connectivity index (χ0v) is 17.0. The first kappa shape index (κ1) is 18.8. The lowest BCUT2D eigenvalue weighted by Gasteiger charge is -2.38. The summed E-state index contributed by atoms with van der Waals surface area (Å²) in [4.78, 5) is 0. The van der Waals surface area contributed by atoms with Gasteiger partial charge >= 0.3 is 7.12 Å². The highest BCUT2D eigenvalue weighted by Gasteiger charge is 2.53. The third-order valence-corrected chi connectivity index (χ3v) is 6.96. The van der Waals surface area contributed by atoms with E-state index in [0.29, 0.717) is 0 Å². The van der Waals surface area contributed by atoms with Crippen molar-refractivity contribution in [3.05, 3.63) is 47.8 Å². The van der Waals surface area contributed by atoms with Crippen molar-refractivity contribution >= 4 is 12.6 Å². The molecule has 1 saturated carbocycles. The van der Waals surface area contributed by atoms with Crippen LogP contribution in [0.15, 0.2) is 36.5 Å². The highest BCUT2D eigenvalue weighted by molar-refractivity contribution is 6.62. The molecule has 4 rings (SSSR count). The van der Waals surface area contributed by atoms with Gasteiger partial charge in [-0.05, 0) is 46.1 Å². The number of hydrogen-bond acceptors (Lipinski definition) is 3. The fraction of sp³-hybridized carbons (Fsp3) is 0.591. The molecule has 1 saturated heterocycles. The van der Waals surface area contributed by atoms with Crippen molar-refractivity contribution < 1.29 is 9.31 Å². The molecule has 1 aromatic carbocycles. The van der Waals surface area contributed by atoms with Crippen molar-refractivity contribution in [1.29, 1.82) is 0 Å². The minimum absolute atomic E-state index is 0.160. The van der Waals surface area contributed by atoms with Crippen LogP contribution in [0.1, 0.15) is 71.1 Å². The Morgan fingerprint density at radius 1 is 0.963 bits per heavy atom. The number of aromatic amines is 1. The lowest BCUT2D eigenvalue weighted by atomic mass is 9.65. The SMILES string of the molecule is CC1(C)OB(c2c[nH]nc2CC2(c3ccccc3)CCCCC2)OC1(C)C. The molecule has 1 aliphatic carbocycles. The summed E-state index contributed by atoms with van der Waals surface area (Å²) in [6, 6.07) is 11.0. The molecule has 144 valence electrons. The molecular formula is C22H31BN2O2. The van der Waals surface area contributed by atoms with E-state index in [0.717, 1.165) is 17.6 Å². The summed E-state index contributed by atoms with van der Waals surface area (Å²) >= 11 is 0. The number of benzene rings is 1. The van der Waals surface area contributed by atoms with Crippen LogP contribution < -0.4 is 5.46 Å². The number of nitrogens with zero attached hydrogens (tertiary/aromatic N) is 1. The quantitative estimate of drug-likeness (QED) is 0.827. The molecule has 0 radical (unpaired) electrons. The van der Waals surface area contributed by atoms with Crippen molar-refractivity contribution in [3.63, 3.8) is 0 Å². The maximum absolute atomic E-state index is 6.29. The molecule has 2 aliphatic rings. The Labute approximate surface area is 163 Å². The fourth-order valence-corrected chi connectivity index (χ4v) is 4.55. The Balaban J connectivity index is 1.64. The van der Waals surface area contributed by atoms with E-state index in [9.17, 15) is 0 Å². The Morgan fingerprint density at radius 2 is 1.59 bits per heavy atom. The minimum atomic E-state index is -0.361. The Bertz CT molecular complexity index is 763. The third kappa shape index (κ3) is 3.36. The first-order valence-electron chi connectivity index (χ1n) is 10.3. The van der Waals surface area contributed by atoms with Crippen LogP contribution in [0.3, 0.4) is 0 Å². The molecular weight excluding hydrogens is 335 g/mol. The normalized spacial score (nSPS) is 23.5. The summed E-state index contributed by atoms with van der Waals surface area (Å²) in [5, 5.41) is 7.71. The largest absolute Gasteiger partial charge is 0.498 e. The standard InChI is InChI=1S/C22H31BN2O2/c1-20(2)21(3,4)27-23(26-20)18-16-24-25-19(18)15-22(13-9-6-10-14-22)17-11-7-5-8-12-17/h5,7-8,11-12,16H,6,9-10,13-15H2,1-4H3,(H,24,25). The summed E-state index contributed by atoms with van der Waals surface area (Å²) in [7, 11) is -0.361. The molecule has 1 aliphatic heterocycles. The summed E-state index contributed by atoms with van der Waals surface area (Å²) in [5.74, 6) is 0. The van der Waals surface area contributed by atoms with E-state index < -0.39 is 0 Å². The highest BCUT2D eigenvalue weighted by Crippen LogP contribution is 2.42. The molecule has 0 bridgehead atoms. The van der Waals surface area contributed by atoms with Gasteiger partial charge < -0.3 is 9.31 Å². The second kappa shape index (κ2) is 6.79. The van der Waals surface area contributed by atoms with Crippen molar-refractivity contribution in [3.8, 4) is 0 Å². The van der Waals surface area contributed by atoms with Crippen LogP contribution in [0.4, 0.5) is 0 Å². The first-order chi connectivity index (χ1) is 12.8. The molecule has 2 heterocycles. The van der Waals surface area contributed by atoms with Crippen molar-refractivity contribution in [1.82, 2.24) is 10.2 Å². The van der Waals surface area contributed by atoms with Gasteiger partial charge in [-0.3, -0.25) is 5.10 Å². The molecule has 0 unspecified atom stereocenters. The molecule has 2 fully saturated rings. The molecule has 1 N–H and O–H groups in total. The van der Waals surface area contributed by atoms with Gasteiger partial charge in [0.1, 0.15) is 0 Å². The highest BCUT2D eigenvalue weighted by atomic mass is 16.7. The van der Waals surface area contributed by atoms with E-state index in [-0.39, 0.29) is 23.7 Å². The molecule has 2 aromatic rings. The molecule has 27 heavy (non-hydrogen) atoms. The van der Waals surface area contributed by atoms with Crippen LogP contribution in [0.25, 0.3) is 0 Å². The topological polar surface area (TPSA) is 47.1 Å². The summed E-state index contributed by atoms with van der Waals surface area (Å²) in [6.45, 7) is 8.39. The van der Waals surface area contributed by atoms with E-state index in [1.807, 2.05) is 6.20 Å². The van der Waals surface area contributed by atoms with Gasteiger partial charge in [-0.2, -0.15) is 5.10 Å². The second-order valence-electron chi connectivity index (χ2n) is 9.26. The van der Waals surface area contributed by atoms with Crippen molar-refractivity contribution in [2.75, 3.05) is 0 Å². The van der Waals surface area contributed by atoms with Crippen LogP contribution in [0.2, 0.25) is 0 Å². The number of aromatic nitrogens is 2. The smallest absolute Gasteiger partial charge is 0.399 e. The second-order valence-corrected chi connectivity index (χ2v) is 9.26. The predicted octanol–water partition coefficient (Wildman–Crippen LogP) is 4.15. The molecule has 5 heteroatoms. The molecule has 4 nitrogen and oxygen atoms in total. The van der Waals surface area contributed by atoms with Gasteiger partial charge in [-0.25, -0.2) is 0 Å². The lowest BCUT2D eigenvalue weighted by Crippen LogP contribution is -2.41. The van der Waals surface area contributed by atoms with Gasteiger partial charge in [-0.15, -0.1) is 0 Å². The van der Waals surface area contributed by atoms with Crippen LogP contribution in [-0.4, -0.2) is 28.5 Å². The monoisotopic (exact) mass is 366 g/mol. The van der Waals surface area contributed by atoms with Crippen LogP contribution >= 0.6 is 0 Å². The minimum Gasteiger partial charge on any atom is -0.399 e. The first-order valence-corrected chi connectivity index (χ1v) is 10.3. The van der Waals surface area contributed by atoms with Crippen molar-refractivity contribution in [2.45, 2.75) is 82.8 Å². The number of hydrogen-bond donors (Lipinski definition) is 1. The lowest BCUT2D eigenvalue weighted by molar-refractivity contribution is 0.00578. The Morgan fingerprint density at radius 3 is 2.22 bits per heavy atom. The fourth-order valence-electron chi connectivity index (χ4n) is 4.55. The average molecular weight is 366 g/mol. The van der Waals surface area contributed by atoms with E-state index in [4.69, 9.17) is 9.31 Å². The van der Waals surface area contributed by atoms with Gasteiger partial charge in [0.15, 0.2) is 0 Å². The van der Waals surface area contributed by atoms with Crippen molar-refractivity contribution in [2.24, 2.45) is 0 Å². The number of nitrogens with one attached hydrogen (secondary N) is 1. The number of rotatable bonds is 4. The summed E-state index contributed by atoms with van der Waals surface area (Å²) in [6.07, 6.45) is 9.22. The van der Waals surface area contributed by atoms with Gasteiger partial charge in [0.25, 0.3) is 0 Å². The number of H-pyrrole nitrogens is 1. The van der Waals surface area contributed by atoms with Gasteiger partial charge in [0, 0.05) is 23.5 Å². The molecule has 0 amide bonds. The summed E-state index contributed by atoms with van der Waals surface area (Å²) < 4.78 is 12.6. The van der Waals surface area contributed by atoms with Crippen LogP contribution in [-0.2, 0) is 21.1 Å². The van der Waals surface area contributed by atoms with E-state index in [1.165, 1.54) is 37.7 Å². The Kier molecular flexibility index (Phi) is 4.72. The maximum atomic E-state index is 6.29. The average Bonchev–Trinajstić information content (AvgIpc) is 3.18. The van der Waals surface area contributed by atoms with Crippen LogP contribution in [0.5, 0.6) is 0 Å².